The van der Waals surface area contributed by atoms with Crippen LogP contribution in [0.2, 0.25) is 0 Å². The lowest BCUT2D eigenvalue weighted by Crippen LogP contribution is -2.29. The quantitative estimate of drug-likeness (QED) is 0.318. The van der Waals surface area contributed by atoms with E-state index in [0.717, 1.165) is 36.1 Å². The number of anilines is 1. The molecule has 3 aromatic rings. The van der Waals surface area contributed by atoms with Gasteiger partial charge in [-0.2, -0.15) is 5.10 Å². The third kappa shape index (κ3) is 5.44. The number of aromatic nitrogens is 1. The van der Waals surface area contributed by atoms with Crippen LogP contribution in [0.4, 0.5) is 5.69 Å². The Labute approximate surface area is 188 Å². The maximum Gasteiger partial charge on any atom is 0.240 e. The number of nitrogens with zero attached hydrogens (tertiary/aromatic N) is 3. The zero-order valence-electron chi connectivity index (χ0n) is 18.6. The van der Waals surface area contributed by atoms with Crippen molar-refractivity contribution >= 4 is 34.5 Å². The Kier molecular flexibility index (Phi) is 7.00. The molecule has 2 heterocycles. The van der Waals surface area contributed by atoms with Gasteiger partial charge in [-0.3, -0.25) is 9.59 Å². The van der Waals surface area contributed by atoms with Crippen LogP contribution in [0.1, 0.15) is 54.9 Å². The number of nitrogens with one attached hydrogen (secondary N) is 1. The van der Waals surface area contributed by atoms with Gasteiger partial charge in [-0.05, 0) is 74.6 Å². The summed E-state index contributed by atoms with van der Waals surface area (Å²) < 4.78 is 2.11. The average Bonchev–Trinajstić information content (AvgIpc) is 3.22. The molecule has 1 aliphatic heterocycles. The average molecular weight is 431 g/mol. The minimum absolute atomic E-state index is 0.0649. The largest absolute Gasteiger partial charge is 0.372 e. The summed E-state index contributed by atoms with van der Waals surface area (Å²) in [4.78, 5) is 26.1. The van der Waals surface area contributed by atoms with Gasteiger partial charge in [0.15, 0.2) is 5.78 Å². The number of hydrogen-bond donors (Lipinski definition) is 1. The van der Waals surface area contributed by atoms with E-state index < -0.39 is 0 Å². The van der Waals surface area contributed by atoms with E-state index in [-0.39, 0.29) is 11.7 Å². The third-order valence-corrected chi connectivity index (χ3v) is 5.97. The van der Waals surface area contributed by atoms with Crippen molar-refractivity contribution in [3.8, 4) is 0 Å². The molecule has 2 aromatic carbocycles. The minimum Gasteiger partial charge on any atom is -0.372 e. The lowest BCUT2D eigenvalue weighted by molar-refractivity contribution is -0.121. The molecule has 0 radical (unpaired) electrons. The lowest BCUT2D eigenvalue weighted by atomic mass is 10.1. The molecule has 166 valence electrons. The summed E-state index contributed by atoms with van der Waals surface area (Å²) in [6.45, 7) is 4.51. The lowest BCUT2D eigenvalue weighted by Gasteiger charge is -2.28. The van der Waals surface area contributed by atoms with Crippen molar-refractivity contribution in [2.45, 2.75) is 45.6 Å². The first kappa shape index (κ1) is 21.8. The number of ketones is 1. The zero-order valence-corrected chi connectivity index (χ0v) is 18.6. The molecule has 1 N–H and O–H groups in total. The van der Waals surface area contributed by atoms with Crippen LogP contribution in [-0.4, -0.2) is 35.6 Å². The second kappa shape index (κ2) is 10.3. The Morgan fingerprint density at radius 2 is 1.91 bits per heavy atom. The van der Waals surface area contributed by atoms with E-state index in [1.165, 1.54) is 24.9 Å². The normalized spacial score (nSPS) is 14.2. The monoisotopic (exact) mass is 430 g/mol. The van der Waals surface area contributed by atoms with E-state index >= 15 is 0 Å². The van der Waals surface area contributed by atoms with Crippen LogP contribution in [-0.2, 0) is 11.3 Å². The van der Waals surface area contributed by atoms with E-state index in [9.17, 15) is 9.59 Å². The summed E-state index contributed by atoms with van der Waals surface area (Å²) in [6, 6.07) is 16.0. The van der Waals surface area contributed by atoms with Crippen molar-refractivity contribution in [3.63, 3.8) is 0 Å². The van der Waals surface area contributed by atoms with Crippen molar-refractivity contribution < 1.29 is 9.59 Å². The molecule has 1 aliphatic rings. The molecule has 0 bridgehead atoms. The molecule has 6 heteroatoms. The van der Waals surface area contributed by atoms with Crippen LogP contribution in [0, 0.1) is 0 Å². The second-order valence-electron chi connectivity index (χ2n) is 8.38. The number of aryl methyl sites for hydroxylation is 1. The van der Waals surface area contributed by atoms with E-state index in [2.05, 4.69) is 32.1 Å². The first-order chi connectivity index (χ1) is 15.6. The van der Waals surface area contributed by atoms with Gasteiger partial charge in [0, 0.05) is 54.4 Å². The highest BCUT2D eigenvalue weighted by molar-refractivity contribution is 5.98. The Morgan fingerprint density at radius 3 is 2.72 bits per heavy atom. The number of hydrazone groups is 1. The zero-order chi connectivity index (χ0) is 22.3. The molecular formula is C26H30N4O2. The Balaban J connectivity index is 1.25. The standard InChI is InChI=1S/C26H30N4O2/c1-20(31)22-10-11-25-23(18-22)12-16-30(25)15-6-9-26(32)28-27-19-21-7-5-8-24(17-21)29-13-3-2-4-14-29/h5,7-8,10-12,16-19H,2-4,6,9,13-15H2,1H3,(H,28,32)/b27-19+. The van der Waals surface area contributed by atoms with E-state index in [4.69, 9.17) is 0 Å². The van der Waals surface area contributed by atoms with Crippen molar-refractivity contribution in [2.75, 3.05) is 18.0 Å². The van der Waals surface area contributed by atoms with Crippen LogP contribution in [0.3, 0.4) is 0 Å². The summed E-state index contributed by atoms with van der Waals surface area (Å²) in [5.74, 6) is -0.0288. The Morgan fingerprint density at radius 1 is 1.06 bits per heavy atom. The molecular weight excluding hydrogens is 400 g/mol. The number of piperidine rings is 1. The van der Waals surface area contributed by atoms with Gasteiger partial charge >= 0.3 is 0 Å². The first-order valence-corrected chi connectivity index (χ1v) is 11.4. The van der Waals surface area contributed by atoms with Gasteiger partial charge in [-0.25, -0.2) is 5.43 Å². The summed E-state index contributed by atoms with van der Waals surface area (Å²) in [7, 11) is 0. The van der Waals surface area contributed by atoms with Gasteiger partial charge in [0.2, 0.25) is 5.91 Å². The molecule has 6 nitrogen and oxygen atoms in total. The number of benzene rings is 2. The minimum atomic E-state index is -0.0937. The topological polar surface area (TPSA) is 66.7 Å². The van der Waals surface area contributed by atoms with Gasteiger partial charge in [-0.15, -0.1) is 0 Å². The van der Waals surface area contributed by atoms with Crippen LogP contribution in [0.15, 0.2) is 59.8 Å². The van der Waals surface area contributed by atoms with Crippen LogP contribution >= 0.6 is 0 Å². The number of fused-ring (bicyclic) bond motifs is 1. The van der Waals surface area contributed by atoms with Crippen LogP contribution < -0.4 is 10.3 Å². The molecule has 0 unspecified atom stereocenters. The number of rotatable bonds is 8. The van der Waals surface area contributed by atoms with Crippen LogP contribution in [0.25, 0.3) is 10.9 Å². The molecule has 0 saturated carbocycles. The highest BCUT2D eigenvalue weighted by Gasteiger charge is 2.11. The van der Waals surface area contributed by atoms with Gasteiger partial charge in [-0.1, -0.05) is 12.1 Å². The molecule has 1 fully saturated rings. The third-order valence-electron chi connectivity index (χ3n) is 5.97. The molecule has 32 heavy (non-hydrogen) atoms. The van der Waals surface area contributed by atoms with Crippen molar-refractivity contribution in [2.24, 2.45) is 5.10 Å². The number of carbonyl (C=O) groups excluding carboxylic acids is 2. The summed E-state index contributed by atoms with van der Waals surface area (Å²) in [5.41, 5.74) is 6.63. The number of amides is 1. The Hall–Kier alpha value is -3.41. The number of carbonyl (C=O) groups is 2. The molecule has 0 aliphatic carbocycles. The smallest absolute Gasteiger partial charge is 0.240 e. The number of hydrogen-bond acceptors (Lipinski definition) is 4. The van der Waals surface area contributed by atoms with Gasteiger partial charge in [0.25, 0.3) is 0 Å². The van der Waals surface area contributed by atoms with Crippen molar-refractivity contribution in [1.82, 2.24) is 9.99 Å². The van der Waals surface area contributed by atoms with E-state index in [0.29, 0.717) is 18.4 Å². The summed E-state index contributed by atoms with van der Waals surface area (Å²) >= 11 is 0. The van der Waals surface area contributed by atoms with E-state index in [1.807, 2.05) is 42.6 Å². The Bertz CT molecular complexity index is 1130. The highest BCUT2D eigenvalue weighted by atomic mass is 16.2. The predicted octanol–water partition coefficient (Wildman–Crippen LogP) is 4.76. The van der Waals surface area contributed by atoms with Gasteiger partial charge in [0.1, 0.15) is 0 Å². The number of Topliss-reactive ketones (excluding diaryl/α,β-unsaturated/α-hetero) is 1. The second-order valence-corrected chi connectivity index (χ2v) is 8.38. The molecule has 4 rings (SSSR count). The van der Waals surface area contributed by atoms with Crippen LogP contribution in [0.5, 0.6) is 0 Å². The fourth-order valence-corrected chi connectivity index (χ4v) is 4.21. The maximum absolute atomic E-state index is 12.2. The molecule has 1 aromatic heterocycles. The van der Waals surface area contributed by atoms with Crippen molar-refractivity contribution in [3.05, 3.63) is 65.9 Å². The maximum atomic E-state index is 12.2. The fraction of sp³-hybridized carbons (Fsp3) is 0.346. The molecule has 1 amide bonds. The van der Waals surface area contributed by atoms with Gasteiger partial charge in [0.05, 0.1) is 6.21 Å². The van der Waals surface area contributed by atoms with Crippen molar-refractivity contribution in [1.29, 1.82) is 0 Å². The summed E-state index contributed by atoms with van der Waals surface area (Å²) in [5, 5.41) is 5.18. The molecule has 0 spiro atoms. The SMILES string of the molecule is CC(=O)c1ccc2c(ccn2CCCC(=O)N/N=C/c2cccc(N3CCCCC3)c2)c1. The molecule has 1 saturated heterocycles. The van der Waals surface area contributed by atoms with Gasteiger partial charge < -0.3 is 9.47 Å². The first-order valence-electron chi connectivity index (χ1n) is 11.4. The summed E-state index contributed by atoms with van der Waals surface area (Å²) in [6.07, 6.45) is 8.61. The highest BCUT2D eigenvalue weighted by Crippen LogP contribution is 2.21. The van der Waals surface area contributed by atoms with E-state index in [1.54, 1.807) is 13.1 Å². The fourth-order valence-electron chi connectivity index (χ4n) is 4.21. The molecule has 0 atom stereocenters. The predicted molar refractivity (Wildman–Crippen MR) is 129 cm³/mol.